The van der Waals surface area contributed by atoms with Gasteiger partial charge in [0.2, 0.25) is 5.88 Å². The fraction of sp³-hybridized carbons (Fsp3) is 0. The van der Waals surface area contributed by atoms with Crippen molar-refractivity contribution in [3.8, 4) is 17.3 Å². The summed E-state index contributed by atoms with van der Waals surface area (Å²) in [5, 5.41) is 20.3. The fourth-order valence-corrected chi connectivity index (χ4v) is 1.60. The van der Waals surface area contributed by atoms with Crippen molar-refractivity contribution >= 4 is 21.6 Å². The third-order valence-corrected chi connectivity index (χ3v) is 2.92. The molecular weight excluding hydrogens is 306 g/mol. The van der Waals surface area contributed by atoms with E-state index < -0.39 is 16.4 Å². The van der Waals surface area contributed by atoms with Crippen LogP contribution in [0.2, 0.25) is 0 Å². The number of nitrogens with one attached hydrogen (secondary N) is 1. The Labute approximate surface area is 108 Å². The summed E-state index contributed by atoms with van der Waals surface area (Å²) in [5.74, 6) is -0.583. The molecule has 0 saturated heterocycles. The molecule has 2 rings (SSSR count). The summed E-state index contributed by atoms with van der Waals surface area (Å²) in [6.07, 6.45) is 0. The first-order valence-electron chi connectivity index (χ1n) is 4.73. The second kappa shape index (κ2) is 4.57. The maximum Gasteiger partial charge on any atom is 0.280 e. The van der Waals surface area contributed by atoms with E-state index in [0.717, 1.165) is 0 Å². The first kappa shape index (κ1) is 12.2. The minimum Gasteiger partial charge on any atom is -0.492 e. The van der Waals surface area contributed by atoms with E-state index in [1.54, 1.807) is 6.07 Å². The van der Waals surface area contributed by atoms with Crippen molar-refractivity contribution in [1.29, 1.82) is 0 Å². The van der Waals surface area contributed by atoms with E-state index in [2.05, 4.69) is 25.9 Å². The number of aromatic hydroxyl groups is 1. The molecule has 0 radical (unpaired) electrons. The number of hydrogen-bond donors (Lipinski definition) is 2. The number of hydrogen-bond acceptors (Lipinski definition) is 5. The van der Waals surface area contributed by atoms with Crippen LogP contribution in [-0.2, 0) is 0 Å². The van der Waals surface area contributed by atoms with Gasteiger partial charge in [0, 0.05) is 6.07 Å². The summed E-state index contributed by atoms with van der Waals surface area (Å²) < 4.78 is -0.121. The number of nitro benzene ring substituents is 1. The predicted octanol–water partition coefficient (Wildman–Crippen LogP) is 1.81. The number of H-pyrrole nitrogens is 1. The van der Waals surface area contributed by atoms with Gasteiger partial charge < -0.3 is 10.1 Å². The Morgan fingerprint density at radius 3 is 2.67 bits per heavy atom. The maximum absolute atomic E-state index is 11.4. The molecule has 7 nitrogen and oxygen atoms in total. The van der Waals surface area contributed by atoms with Crippen LogP contribution in [-0.4, -0.2) is 20.0 Å². The zero-order valence-electron chi connectivity index (χ0n) is 8.75. The Hall–Kier alpha value is -2.22. The Balaban J connectivity index is 2.70. The Kier molecular flexibility index (Phi) is 3.11. The molecular formula is C10H6BrN3O4. The quantitative estimate of drug-likeness (QED) is 0.649. The summed E-state index contributed by atoms with van der Waals surface area (Å²) in [7, 11) is 0. The normalized spacial score (nSPS) is 10.3. The van der Waals surface area contributed by atoms with Crippen LogP contribution < -0.4 is 5.56 Å². The molecule has 0 saturated carbocycles. The van der Waals surface area contributed by atoms with Crippen LogP contribution in [0.25, 0.3) is 11.4 Å². The van der Waals surface area contributed by atoms with Crippen LogP contribution in [0.5, 0.6) is 5.88 Å². The third kappa shape index (κ3) is 2.09. The number of nitrogens with zero attached hydrogens (tertiary/aromatic N) is 2. The Bertz CT molecular complexity index is 683. The molecule has 92 valence electrons. The molecule has 0 unspecified atom stereocenters. The van der Waals surface area contributed by atoms with Gasteiger partial charge in [0.05, 0.1) is 10.5 Å². The van der Waals surface area contributed by atoms with Gasteiger partial charge in [0.25, 0.3) is 11.2 Å². The molecule has 0 amide bonds. The zero-order valence-corrected chi connectivity index (χ0v) is 10.3. The molecule has 0 aliphatic rings. The topological polar surface area (TPSA) is 109 Å². The van der Waals surface area contributed by atoms with E-state index in [9.17, 15) is 20.0 Å². The lowest BCUT2D eigenvalue weighted by Gasteiger charge is -2.03. The van der Waals surface area contributed by atoms with E-state index >= 15 is 0 Å². The number of aromatic amines is 1. The monoisotopic (exact) mass is 311 g/mol. The Morgan fingerprint density at radius 1 is 1.39 bits per heavy atom. The lowest BCUT2D eigenvalue weighted by Crippen LogP contribution is -2.10. The van der Waals surface area contributed by atoms with Gasteiger partial charge in [-0.15, -0.1) is 0 Å². The van der Waals surface area contributed by atoms with Crippen molar-refractivity contribution < 1.29 is 10.0 Å². The Morgan fingerprint density at radius 2 is 2.06 bits per heavy atom. The van der Waals surface area contributed by atoms with Crippen molar-refractivity contribution in [1.82, 2.24) is 9.97 Å². The van der Waals surface area contributed by atoms with Gasteiger partial charge in [-0.25, -0.2) is 0 Å². The zero-order chi connectivity index (χ0) is 13.3. The average Bonchev–Trinajstić information content (AvgIpc) is 2.35. The van der Waals surface area contributed by atoms with Crippen molar-refractivity contribution in [2.75, 3.05) is 0 Å². The second-order valence-corrected chi connectivity index (χ2v) is 4.12. The number of halogens is 1. The summed E-state index contributed by atoms with van der Waals surface area (Å²) in [6, 6.07) is 5.79. The first-order valence-corrected chi connectivity index (χ1v) is 5.52. The molecule has 0 aliphatic heterocycles. The highest BCUT2D eigenvalue weighted by Crippen LogP contribution is 2.28. The van der Waals surface area contributed by atoms with E-state index in [4.69, 9.17) is 0 Å². The lowest BCUT2D eigenvalue weighted by atomic mass is 10.1. The van der Waals surface area contributed by atoms with E-state index in [1.165, 1.54) is 18.2 Å². The minimum atomic E-state index is -0.615. The first-order chi connectivity index (χ1) is 8.50. The second-order valence-electron chi connectivity index (χ2n) is 3.33. The fourth-order valence-electron chi connectivity index (χ4n) is 1.41. The average molecular weight is 312 g/mol. The van der Waals surface area contributed by atoms with E-state index in [-0.39, 0.29) is 21.5 Å². The number of rotatable bonds is 2. The smallest absolute Gasteiger partial charge is 0.280 e. The minimum absolute atomic E-state index is 0.0620. The number of benzene rings is 1. The van der Waals surface area contributed by atoms with Crippen LogP contribution in [0.4, 0.5) is 5.69 Å². The third-order valence-electron chi connectivity index (χ3n) is 2.20. The standard InChI is InChI=1S/C10H6BrN3O4/c11-7-9(15)12-8(13-10(7)16)5-3-1-2-4-6(5)14(17)18/h1-4H,(H2,12,13,15,16). The van der Waals surface area contributed by atoms with Crippen molar-refractivity contribution in [2.24, 2.45) is 0 Å². The molecule has 0 fully saturated rings. The van der Waals surface area contributed by atoms with Crippen molar-refractivity contribution in [3.05, 3.63) is 49.2 Å². The van der Waals surface area contributed by atoms with Crippen molar-refractivity contribution in [3.63, 3.8) is 0 Å². The van der Waals surface area contributed by atoms with Crippen LogP contribution >= 0.6 is 15.9 Å². The van der Waals surface area contributed by atoms with E-state index in [1.807, 2.05) is 0 Å². The van der Waals surface area contributed by atoms with Gasteiger partial charge in [-0.05, 0) is 22.0 Å². The highest BCUT2D eigenvalue weighted by atomic mass is 79.9. The highest BCUT2D eigenvalue weighted by Gasteiger charge is 2.18. The molecule has 8 heteroatoms. The van der Waals surface area contributed by atoms with Crippen LogP contribution in [0.3, 0.4) is 0 Å². The van der Waals surface area contributed by atoms with Crippen LogP contribution in [0.15, 0.2) is 33.5 Å². The summed E-state index contributed by atoms with van der Waals surface area (Å²) in [6.45, 7) is 0. The molecule has 0 spiro atoms. The predicted molar refractivity (Wildman–Crippen MR) is 66.3 cm³/mol. The maximum atomic E-state index is 11.4. The molecule has 0 atom stereocenters. The summed E-state index contributed by atoms with van der Waals surface area (Å²) >= 11 is 2.84. The molecule has 1 aromatic heterocycles. The lowest BCUT2D eigenvalue weighted by molar-refractivity contribution is -0.384. The number of aromatic nitrogens is 2. The van der Waals surface area contributed by atoms with Gasteiger partial charge in [-0.3, -0.25) is 14.9 Å². The molecule has 0 aliphatic carbocycles. The number of nitro groups is 1. The number of para-hydroxylation sites is 1. The van der Waals surface area contributed by atoms with E-state index in [0.29, 0.717) is 0 Å². The largest absolute Gasteiger partial charge is 0.492 e. The van der Waals surface area contributed by atoms with Crippen LogP contribution in [0.1, 0.15) is 0 Å². The molecule has 1 heterocycles. The SMILES string of the molecule is O=c1[nH]c(-c2ccccc2[N+](=O)[O-])nc(O)c1Br. The summed E-state index contributed by atoms with van der Waals surface area (Å²) in [5.41, 5.74) is -0.694. The highest BCUT2D eigenvalue weighted by molar-refractivity contribution is 9.10. The van der Waals surface area contributed by atoms with Gasteiger partial charge in [0.1, 0.15) is 4.47 Å². The molecule has 0 bridgehead atoms. The van der Waals surface area contributed by atoms with Gasteiger partial charge in [-0.1, -0.05) is 12.1 Å². The van der Waals surface area contributed by atoms with Crippen LogP contribution in [0, 0.1) is 10.1 Å². The van der Waals surface area contributed by atoms with Crippen molar-refractivity contribution in [2.45, 2.75) is 0 Å². The molecule has 18 heavy (non-hydrogen) atoms. The molecule has 1 aromatic carbocycles. The van der Waals surface area contributed by atoms with Gasteiger partial charge in [-0.2, -0.15) is 4.98 Å². The van der Waals surface area contributed by atoms with Gasteiger partial charge >= 0.3 is 0 Å². The summed E-state index contributed by atoms with van der Waals surface area (Å²) in [4.78, 5) is 27.7. The van der Waals surface area contributed by atoms with Gasteiger partial charge in [0.15, 0.2) is 5.82 Å². The molecule has 2 aromatic rings. The molecule has 2 N–H and O–H groups in total.